The van der Waals surface area contributed by atoms with E-state index in [0.717, 1.165) is 0 Å². The number of ether oxygens (including phenoxy) is 2. The molecule has 3 rings (SSSR count). The molecule has 0 bridgehead atoms. The minimum Gasteiger partial charge on any atom is -0.486 e. The Morgan fingerprint density at radius 1 is 1.32 bits per heavy atom. The lowest BCUT2D eigenvalue weighted by Gasteiger charge is -2.20. The number of rotatable bonds is 2. The van der Waals surface area contributed by atoms with Crippen LogP contribution in [0.1, 0.15) is 10.5 Å². The number of carbonyl (C=O) groups is 1. The van der Waals surface area contributed by atoms with Crippen LogP contribution in [0.3, 0.4) is 0 Å². The van der Waals surface area contributed by atoms with Crippen molar-refractivity contribution in [3.8, 4) is 11.5 Å². The molecular weight excluding hydrogens is 250 g/mol. The maximum atomic E-state index is 11.8. The van der Waals surface area contributed by atoms with Gasteiger partial charge in [-0.25, -0.2) is 0 Å². The smallest absolute Gasteiger partial charge is 0.277 e. The normalized spacial score (nSPS) is 13.1. The first-order valence-electron chi connectivity index (χ1n) is 5.60. The first-order chi connectivity index (χ1) is 9.24. The van der Waals surface area contributed by atoms with Gasteiger partial charge < -0.3 is 20.5 Å². The molecule has 0 atom stereocenters. The number of nitrogen functional groups attached to an aromatic ring is 1. The second kappa shape index (κ2) is 4.48. The van der Waals surface area contributed by atoms with Crippen molar-refractivity contribution in [1.29, 1.82) is 0 Å². The lowest BCUT2D eigenvalue weighted by atomic mass is 10.2. The first kappa shape index (κ1) is 11.3. The molecule has 1 aliphatic rings. The molecule has 0 fully saturated rings. The lowest BCUT2D eigenvalue weighted by Crippen LogP contribution is -2.17. The minimum absolute atomic E-state index is 0.175. The third-order valence-corrected chi connectivity index (χ3v) is 2.61. The molecule has 1 aromatic carbocycles. The van der Waals surface area contributed by atoms with Crippen molar-refractivity contribution in [3.05, 3.63) is 24.0 Å². The minimum atomic E-state index is -0.405. The maximum Gasteiger partial charge on any atom is 0.277 e. The molecule has 2 heterocycles. The van der Waals surface area contributed by atoms with Crippen LogP contribution in [-0.4, -0.2) is 34.5 Å². The zero-order valence-corrected chi connectivity index (χ0v) is 9.84. The first-order valence-corrected chi connectivity index (χ1v) is 5.60. The standard InChI is InChI=1S/C11H11N5O3/c12-6-3-9-10(19-2-1-18-9)4-7(6)14-11(17)8-5-13-16-15-8/h3-5H,1-2,12H2,(H,14,17)(H,13,15,16). The molecule has 0 aliphatic carbocycles. The summed E-state index contributed by atoms with van der Waals surface area (Å²) in [5.41, 5.74) is 6.86. The number of fused-ring (bicyclic) bond motifs is 1. The molecule has 1 amide bonds. The van der Waals surface area contributed by atoms with Crippen molar-refractivity contribution in [2.24, 2.45) is 0 Å². The van der Waals surface area contributed by atoms with E-state index in [0.29, 0.717) is 36.1 Å². The van der Waals surface area contributed by atoms with E-state index in [4.69, 9.17) is 15.2 Å². The van der Waals surface area contributed by atoms with Gasteiger partial charge in [-0.2, -0.15) is 15.4 Å². The predicted molar refractivity (Wildman–Crippen MR) is 66.2 cm³/mol. The highest BCUT2D eigenvalue weighted by atomic mass is 16.6. The number of hydrogen-bond acceptors (Lipinski definition) is 6. The SMILES string of the molecule is Nc1cc2c(cc1NC(=O)c1cn[nH]n1)OCCO2. The molecule has 98 valence electrons. The van der Waals surface area contributed by atoms with Gasteiger partial charge >= 0.3 is 0 Å². The summed E-state index contributed by atoms with van der Waals surface area (Å²) in [7, 11) is 0. The summed E-state index contributed by atoms with van der Waals surface area (Å²) in [4.78, 5) is 11.8. The molecule has 1 aliphatic heterocycles. The number of nitrogens with zero attached hydrogens (tertiary/aromatic N) is 2. The van der Waals surface area contributed by atoms with Gasteiger partial charge in [0.15, 0.2) is 17.2 Å². The van der Waals surface area contributed by atoms with Gasteiger partial charge in [-0.15, -0.1) is 0 Å². The largest absolute Gasteiger partial charge is 0.486 e. The number of anilines is 2. The van der Waals surface area contributed by atoms with Gasteiger partial charge in [0, 0.05) is 12.1 Å². The predicted octanol–water partition coefficient (Wildman–Crippen LogP) is 0.410. The van der Waals surface area contributed by atoms with Crippen LogP contribution in [0.2, 0.25) is 0 Å². The van der Waals surface area contributed by atoms with Crippen molar-refractivity contribution >= 4 is 17.3 Å². The number of aromatic amines is 1. The molecule has 0 unspecified atom stereocenters. The fraction of sp³-hybridized carbons (Fsp3) is 0.182. The van der Waals surface area contributed by atoms with E-state index < -0.39 is 5.91 Å². The number of H-pyrrole nitrogens is 1. The average Bonchev–Trinajstić information content (AvgIpc) is 2.93. The summed E-state index contributed by atoms with van der Waals surface area (Å²) < 4.78 is 10.8. The molecule has 19 heavy (non-hydrogen) atoms. The topological polar surface area (TPSA) is 115 Å². The zero-order chi connectivity index (χ0) is 13.2. The Hall–Kier alpha value is -2.77. The summed E-state index contributed by atoms with van der Waals surface area (Å²) >= 11 is 0. The number of amides is 1. The van der Waals surface area contributed by atoms with E-state index in [1.165, 1.54) is 6.20 Å². The van der Waals surface area contributed by atoms with Gasteiger partial charge in [0.1, 0.15) is 13.2 Å². The van der Waals surface area contributed by atoms with Gasteiger partial charge in [0.2, 0.25) is 0 Å². The Labute approximate surface area is 107 Å². The highest BCUT2D eigenvalue weighted by Gasteiger charge is 2.17. The highest BCUT2D eigenvalue weighted by Crippen LogP contribution is 2.36. The summed E-state index contributed by atoms with van der Waals surface area (Å²) in [5, 5.41) is 12.3. The van der Waals surface area contributed by atoms with Crippen LogP contribution in [0.25, 0.3) is 0 Å². The van der Waals surface area contributed by atoms with Crippen LogP contribution in [0.4, 0.5) is 11.4 Å². The van der Waals surface area contributed by atoms with Crippen molar-refractivity contribution in [2.45, 2.75) is 0 Å². The number of carbonyl (C=O) groups excluding carboxylic acids is 1. The Kier molecular flexibility index (Phi) is 2.67. The van der Waals surface area contributed by atoms with E-state index in [1.807, 2.05) is 0 Å². The number of nitrogens with one attached hydrogen (secondary N) is 2. The van der Waals surface area contributed by atoms with Gasteiger partial charge in [0.25, 0.3) is 5.91 Å². The molecule has 4 N–H and O–H groups in total. The average molecular weight is 261 g/mol. The third-order valence-electron chi connectivity index (χ3n) is 2.61. The third kappa shape index (κ3) is 2.15. The van der Waals surface area contributed by atoms with Crippen LogP contribution >= 0.6 is 0 Å². The Morgan fingerprint density at radius 3 is 2.74 bits per heavy atom. The molecule has 0 spiro atoms. The van der Waals surface area contributed by atoms with E-state index in [2.05, 4.69) is 20.7 Å². The van der Waals surface area contributed by atoms with Crippen LogP contribution in [0.15, 0.2) is 18.3 Å². The zero-order valence-electron chi connectivity index (χ0n) is 9.84. The molecule has 8 heteroatoms. The Balaban J connectivity index is 1.87. The molecule has 1 aromatic heterocycles. The van der Waals surface area contributed by atoms with Crippen molar-refractivity contribution in [2.75, 3.05) is 24.3 Å². The molecule has 2 aromatic rings. The molecule has 0 saturated heterocycles. The summed E-state index contributed by atoms with van der Waals surface area (Å²) in [5.74, 6) is 0.719. The Bertz CT molecular complexity index is 611. The van der Waals surface area contributed by atoms with Gasteiger partial charge in [-0.3, -0.25) is 4.79 Å². The second-order valence-electron chi connectivity index (χ2n) is 3.89. The van der Waals surface area contributed by atoms with Crippen LogP contribution in [0, 0.1) is 0 Å². The van der Waals surface area contributed by atoms with E-state index in [9.17, 15) is 4.79 Å². The molecule has 8 nitrogen and oxygen atoms in total. The molecule has 0 saturated carbocycles. The monoisotopic (exact) mass is 261 g/mol. The molecular formula is C11H11N5O3. The van der Waals surface area contributed by atoms with Crippen LogP contribution in [0.5, 0.6) is 11.5 Å². The Morgan fingerprint density at radius 2 is 2.05 bits per heavy atom. The van der Waals surface area contributed by atoms with E-state index >= 15 is 0 Å². The quantitative estimate of drug-likeness (QED) is 0.674. The van der Waals surface area contributed by atoms with Gasteiger partial charge in [-0.05, 0) is 0 Å². The number of hydrogen-bond donors (Lipinski definition) is 3. The number of nitrogens with two attached hydrogens (primary N) is 1. The van der Waals surface area contributed by atoms with E-state index in [1.54, 1.807) is 12.1 Å². The fourth-order valence-corrected chi connectivity index (χ4v) is 1.71. The van der Waals surface area contributed by atoms with Gasteiger partial charge in [0.05, 0.1) is 17.6 Å². The second-order valence-corrected chi connectivity index (χ2v) is 3.89. The van der Waals surface area contributed by atoms with Crippen LogP contribution in [-0.2, 0) is 0 Å². The molecule has 0 radical (unpaired) electrons. The lowest BCUT2D eigenvalue weighted by molar-refractivity contribution is 0.102. The van der Waals surface area contributed by atoms with E-state index in [-0.39, 0.29) is 5.69 Å². The van der Waals surface area contributed by atoms with Crippen molar-refractivity contribution < 1.29 is 14.3 Å². The maximum absolute atomic E-state index is 11.8. The summed E-state index contributed by atoms with van der Waals surface area (Å²) in [6, 6.07) is 3.24. The number of benzene rings is 1. The fourth-order valence-electron chi connectivity index (χ4n) is 1.71. The van der Waals surface area contributed by atoms with Crippen LogP contribution < -0.4 is 20.5 Å². The number of aromatic nitrogens is 3. The highest BCUT2D eigenvalue weighted by molar-refractivity contribution is 6.04. The summed E-state index contributed by atoms with van der Waals surface area (Å²) in [6.07, 6.45) is 1.32. The summed E-state index contributed by atoms with van der Waals surface area (Å²) in [6.45, 7) is 0.949. The van der Waals surface area contributed by atoms with Crippen molar-refractivity contribution in [3.63, 3.8) is 0 Å². The van der Waals surface area contributed by atoms with Gasteiger partial charge in [-0.1, -0.05) is 0 Å². The van der Waals surface area contributed by atoms with Crippen molar-refractivity contribution in [1.82, 2.24) is 15.4 Å².